The fourth-order valence-electron chi connectivity index (χ4n) is 3.34. The molecule has 0 aliphatic rings. The van der Waals surface area contributed by atoms with E-state index < -0.39 is 33.1 Å². The van der Waals surface area contributed by atoms with E-state index >= 15 is 0 Å². The van der Waals surface area contributed by atoms with E-state index in [1.165, 1.54) is 16.8 Å². The monoisotopic (exact) mass is 543 g/mol. The van der Waals surface area contributed by atoms with Crippen molar-refractivity contribution in [1.82, 2.24) is 14.1 Å². The predicted molar refractivity (Wildman–Crippen MR) is 128 cm³/mol. The molecule has 0 bridgehead atoms. The summed E-state index contributed by atoms with van der Waals surface area (Å²) in [6.45, 7) is 0. The number of carbonyl (C=O) groups excluding carboxylic acids is 1. The summed E-state index contributed by atoms with van der Waals surface area (Å²) in [6, 6.07) is 10.8. The first-order valence-corrected chi connectivity index (χ1v) is 12.5. The van der Waals surface area contributed by atoms with Crippen LogP contribution in [0.5, 0.6) is 0 Å². The van der Waals surface area contributed by atoms with Gasteiger partial charge in [0.05, 0.1) is 28.0 Å². The van der Waals surface area contributed by atoms with Gasteiger partial charge in [-0.2, -0.15) is 5.10 Å². The third kappa shape index (κ3) is 4.36. The Morgan fingerprint density at radius 2 is 1.62 bits per heavy atom. The Labute approximate surface area is 208 Å². The lowest BCUT2D eigenvalue weighted by Gasteiger charge is -2.16. The van der Waals surface area contributed by atoms with Crippen LogP contribution in [-0.4, -0.2) is 41.7 Å². The van der Waals surface area contributed by atoms with E-state index in [-0.39, 0.29) is 27.0 Å². The van der Waals surface area contributed by atoms with Gasteiger partial charge in [0.2, 0.25) is 10.0 Å². The smallest absolute Gasteiger partial charge is 0.268 e. The molecular weight excluding hydrogens is 531 g/mol. The molecule has 4 aromatic rings. The number of carbonyl (C=O) groups is 1. The Kier molecular flexibility index (Phi) is 6.32. The second-order valence-corrected chi connectivity index (χ2v) is 10.7. The maximum atomic E-state index is 15.0. The van der Waals surface area contributed by atoms with Gasteiger partial charge in [-0.05, 0) is 42.5 Å². The van der Waals surface area contributed by atoms with Crippen LogP contribution in [0.15, 0.2) is 48.5 Å². The number of aromatic nitrogens is 2. The number of hydrogen-bond acceptors (Lipinski definition) is 4. The van der Waals surface area contributed by atoms with E-state index in [9.17, 15) is 22.0 Å². The Morgan fingerprint density at radius 3 is 2.26 bits per heavy atom. The zero-order valence-electron chi connectivity index (χ0n) is 17.5. The van der Waals surface area contributed by atoms with Crippen LogP contribution in [-0.2, 0) is 10.0 Å². The van der Waals surface area contributed by atoms with Gasteiger partial charge in [0, 0.05) is 34.1 Å². The molecule has 1 aromatic heterocycles. The summed E-state index contributed by atoms with van der Waals surface area (Å²) < 4.78 is 54.7. The lowest BCUT2D eigenvalue weighted by molar-refractivity contribution is 0.0879. The van der Waals surface area contributed by atoms with Crippen molar-refractivity contribution in [3.05, 3.63) is 80.8 Å². The molecule has 0 radical (unpaired) electrons. The Morgan fingerprint density at radius 1 is 0.971 bits per heavy atom. The number of sulfonamides is 1. The van der Waals surface area contributed by atoms with Crippen molar-refractivity contribution < 1.29 is 22.0 Å². The molecule has 0 saturated carbocycles. The summed E-state index contributed by atoms with van der Waals surface area (Å²) >= 11 is 18.4. The van der Waals surface area contributed by atoms with Gasteiger partial charge >= 0.3 is 0 Å². The molecule has 6 nitrogen and oxygen atoms in total. The average molecular weight is 545 g/mol. The Hall–Kier alpha value is -2.72. The molecule has 0 unspecified atom stereocenters. The highest BCUT2D eigenvalue weighted by molar-refractivity contribution is 7.88. The van der Waals surface area contributed by atoms with Gasteiger partial charge in [-0.25, -0.2) is 26.2 Å². The molecule has 0 saturated heterocycles. The molecule has 34 heavy (non-hydrogen) atoms. The van der Waals surface area contributed by atoms with Gasteiger partial charge in [-0.1, -0.05) is 34.8 Å². The highest BCUT2D eigenvalue weighted by Gasteiger charge is 2.26. The minimum atomic E-state index is -3.91. The molecule has 0 N–H and O–H groups in total. The summed E-state index contributed by atoms with van der Waals surface area (Å²) in [5.41, 5.74) is 0.284. The van der Waals surface area contributed by atoms with Crippen molar-refractivity contribution in [1.29, 1.82) is 0 Å². The van der Waals surface area contributed by atoms with E-state index in [0.717, 1.165) is 31.5 Å². The summed E-state index contributed by atoms with van der Waals surface area (Å²) in [5.74, 6) is -2.73. The van der Waals surface area contributed by atoms with E-state index in [1.54, 1.807) is 18.2 Å². The number of nitrogens with zero attached hydrogens (tertiary/aromatic N) is 3. The number of hydrogen-bond donors (Lipinski definition) is 0. The van der Waals surface area contributed by atoms with Crippen molar-refractivity contribution in [3.63, 3.8) is 0 Å². The van der Waals surface area contributed by atoms with Crippen molar-refractivity contribution in [2.45, 2.75) is 0 Å². The Bertz CT molecular complexity index is 1590. The van der Waals surface area contributed by atoms with Crippen molar-refractivity contribution >= 4 is 61.6 Å². The van der Waals surface area contributed by atoms with Gasteiger partial charge in [0.15, 0.2) is 0 Å². The highest BCUT2D eigenvalue weighted by atomic mass is 35.5. The molecule has 176 valence electrons. The fourth-order valence-corrected chi connectivity index (χ4v) is 4.31. The zero-order chi connectivity index (χ0) is 24.9. The normalized spacial score (nSPS) is 11.7. The quantitative estimate of drug-likeness (QED) is 0.318. The zero-order valence-corrected chi connectivity index (χ0v) is 20.6. The largest absolute Gasteiger partial charge is 0.270 e. The Balaban J connectivity index is 1.93. The molecule has 12 heteroatoms. The summed E-state index contributed by atoms with van der Waals surface area (Å²) in [4.78, 5) is 12.5. The maximum absolute atomic E-state index is 15.0. The summed E-state index contributed by atoms with van der Waals surface area (Å²) in [5, 5.41) is 5.38. The molecule has 4 rings (SSSR count). The second-order valence-electron chi connectivity index (χ2n) is 7.37. The fraction of sp³-hybridized carbons (Fsp3) is 0.0909. The number of rotatable bonds is 4. The standard InChI is InChI=1S/C22H14Cl3F2N3O3S/c1-29(34(2,32)33)22(31)14-9-16(25)20(10-18(14)27)30-19-6-4-11(23)7-15(19)21(28-30)13-5-3-12(24)8-17(13)26/h3-10H,1-2H3. The van der Waals surface area contributed by atoms with Crippen LogP contribution >= 0.6 is 34.8 Å². The second kappa shape index (κ2) is 8.81. The summed E-state index contributed by atoms with van der Waals surface area (Å²) in [7, 11) is -2.90. The van der Waals surface area contributed by atoms with Crippen LogP contribution in [0.1, 0.15) is 10.4 Å². The molecule has 0 fully saturated rings. The third-order valence-electron chi connectivity index (χ3n) is 5.11. The number of fused-ring (bicyclic) bond motifs is 1. The van der Waals surface area contributed by atoms with E-state index in [1.807, 2.05) is 0 Å². The van der Waals surface area contributed by atoms with Crippen molar-refractivity contribution in [2.24, 2.45) is 0 Å². The van der Waals surface area contributed by atoms with Crippen molar-refractivity contribution in [3.8, 4) is 16.9 Å². The minimum absolute atomic E-state index is 0.0469. The predicted octanol–water partition coefficient (Wildman–Crippen LogP) is 5.96. The lowest BCUT2D eigenvalue weighted by Crippen LogP contribution is -2.32. The van der Waals surface area contributed by atoms with Crippen LogP contribution in [0, 0.1) is 11.6 Å². The van der Waals surface area contributed by atoms with Gasteiger partial charge in [-0.15, -0.1) is 0 Å². The van der Waals surface area contributed by atoms with E-state index in [2.05, 4.69) is 5.10 Å². The molecule has 0 aliphatic carbocycles. The van der Waals surface area contributed by atoms with Crippen LogP contribution in [0.4, 0.5) is 8.78 Å². The number of amides is 1. The van der Waals surface area contributed by atoms with Crippen LogP contribution in [0.25, 0.3) is 27.8 Å². The van der Waals surface area contributed by atoms with Crippen LogP contribution in [0.3, 0.4) is 0 Å². The molecule has 0 aliphatic heterocycles. The van der Waals surface area contributed by atoms with Gasteiger partial charge in [0.1, 0.15) is 17.3 Å². The minimum Gasteiger partial charge on any atom is -0.268 e. The first-order chi connectivity index (χ1) is 15.9. The number of halogens is 5. The van der Waals surface area contributed by atoms with Crippen LogP contribution in [0.2, 0.25) is 15.1 Å². The SMILES string of the molecule is CN(C(=O)c1cc(Cl)c(-n2nc(-c3ccc(Cl)cc3F)c3cc(Cl)ccc32)cc1F)S(C)(=O)=O. The third-order valence-corrected chi connectivity index (χ3v) is 7.04. The van der Waals surface area contributed by atoms with Crippen molar-refractivity contribution in [2.75, 3.05) is 13.3 Å². The van der Waals surface area contributed by atoms with Gasteiger partial charge < -0.3 is 0 Å². The van der Waals surface area contributed by atoms with Gasteiger partial charge in [-0.3, -0.25) is 4.79 Å². The van der Waals surface area contributed by atoms with Crippen LogP contribution < -0.4 is 0 Å². The topological polar surface area (TPSA) is 72.3 Å². The molecular formula is C22H14Cl3F2N3O3S. The first-order valence-electron chi connectivity index (χ1n) is 9.50. The molecule has 0 spiro atoms. The first kappa shape index (κ1) is 24.4. The van der Waals surface area contributed by atoms with E-state index in [0.29, 0.717) is 20.2 Å². The molecule has 1 heterocycles. The molecule has 0 atom stereocenters. The highest BCUT2D eigenvalue weighted by Crippen LogP contribution is 2.36. The van der Waals surface area contributed by atoms with Gasteiger partial charge in [0.25, 0.3) is 5.91 Å². The molecule has 3 aromatic carbocycles. The van der Waals surface area contributed by atoms with E-state index in [4.69, 9.17) is 34.8 Å². The average Bonchev–Trinajstić information content (AvgIpc) is 3.11. The maximum Gasteiger partial charge on any atom is 0.270 e. The molecule has 1 amide bonds. The number of benzene rings is 3. The lowest BCUT2D eigenvalue weighted by atomic mass is 10.1. The summed E-state index contributed by atoms with van der Waals surface area (Å²) in [6.07, 6.45) is 0.817.